The van der Waals surface area contributed by atoms with E-state index in [4.69, 9.17) is 23.2 Å². The molecule has 13 heteroatoms. The van der Waals surface area contributed by atoms with Crippen molar-refractivity contribution in [2.45, 2.75) is 84.5 Å². The number of carbonyl (C=O) groups excluding carboxylic acids is 2. The van der Waals surface area contributed by atoms with Crippen LogP contribution in [-0.2, 0) is 11.0 Å². The van der Waals surface area contributed by atoms with Crippen molar-refractivity contribution >= 4 is 40.9 Å². The van der Waals surface area contributed by atoms with Crippen molar-refractivity contribution in [1.82, 2.24) is 19.7 Å². The maximum absolute atomic E-state index is 14.6. The first-order valence-electron chi connectivity index (χ1n) is 14.0. The largest absolute Gasteiger partial charge is 0.481 e. The Morgan fingerprint density at radius 2 is 1.71 bits per heavy atom. The summed E-state index contributed by atoms with van der Waals surface area (Å²) >= 11 is 12.5. The number of hydrogen-bond donors (Lipinski definition) is 1. The Balaban J connectivity index is 1.48. The minimum atomic E-state index is -4.92. The van der Waals surface area contributed by atoms with Crippen molar-refractivity contribution in [3.63, 3.8) is 0 Å². The highest BCUT2D eigenvalue weighted by Gasteiger charge is 2.63. The van der Waals surface area contributed by atoms with Crippen molar-refractivity contribution < 1.29 is 32.7 Å². The zero-order valence-electron chi connectivity index (χ0n) is 23.8. The van der Waals surface area contributed by atoms with Crippen LogP contribution in [-0.4, -0.2) is 55.0 Å². The Labute approximate surface area is 251 Å². The predicted molar refractivity (Wildman–Crippen MR) is 149 cm³/mol. The number of alkyl halides is 3. The topological polar surface area (TPSA) is 105 Å². The summed E-state index contributed by atoms with van der Waals surface area (Å²) in [6.45, 7) is 6.96. The SMILES string of the molecule is Cc1cc(Cl)c(C(=O)CN(C(=O)c2cnn([C@H]3CC[C@](C)(C(=O)O)CC3)c2C(F)(F)F)[C@@H]2C[C@@H]3[C@H](C2)C3(C)C)c(Cl)n1. The monoisotopic (exact) mass is 628 g/mol. The predicted octanol–water partition coefficient (Wildman–Crippen LogP) is 6.88. The Morgan fingerprint density at radius 3 is 2.24 bits per heavy atom. The van der Waals surface area contributed by atoms with Gasteiger partial charge in [0.05, 0.1) is 40.3 Å². The summed E-state index contributed by atoms with van der Waals surface area (Å²) in [5.41, 5.74) is -2.37. The first-order chi connectivity index (χ1) is 19.5. The molecular weight excluding hydrogens is 596 g/mol. The lowest BCUT2D eigenvalue weighted by atomic mass is 9.74. The van der Waals surface area contributed by atoms with Crippen LogP contribution in [0, 0.1) is 29.6 Å². The molecule has 0 spiro atoms. The molecule has 0 unspecified atom stereocenters. The fourth-order valence-electron chi connectivity index (χ4n) is 7.11. The molecule has 2 aromatic rings. The summed E-state index contributed by atoms with van der Waals surface area (Å²) in [4.78, 5) is 44.5. The number of hydrogen-bond acceptors (Lipinski definition) is 5. The van der Waals surface area contributed by atoms with Crippen LogP contribution in [0.2, 0.25) is 10.2 Å². The number of halogens is 5. The number of aromatic nitrogens is 3. The lowest BCUT2D eigenvalue weighted by Gasteiger charge is -2.35. The van der Waals surface area contributed by atoms with Gasteiger partial charge in [0.15, 0.2) is 11.5 Å². The molecule has 3 atom stereocenters. The highest BCUT2D eigenvalue weighted by molar-refractivity contribution is 6.39. The highest BCUT2D eigenvalue weighted by atomic mass is 35.5. The number of aliphatic carboxylic acids is 1. The van der Waals surface area contributed by atoms with Gasteiger partial charge in [-0.2, -0.15) is 18.3 Å². The smallest absolute Gasteiger partial charge is 0.433 e. The van der Waals surface area contributed by atoms with Crippen molar-refractivity contribution in [3.05, 3.63) is 45.0 Å². The van der Waals surface area contributed by atoms with Crippen LogP contribution in [0.15, 0.2) is 12.3 Å². The molecule has 228 valence electrons. The second-order valence-corrected chi connectivity index (χ2v) is 13.6. The first kappa shape index (κ1) is 30.8. The molecule has 0 saturated heterocycles. The molecule has 5 rings (SSSR count). The van der Waals surface area contributed by atoms with E-state index >= 15 is 0 Å². The minimum Gasteiger partial charge on any atom is -0.481 e. The van der Waals surface area contributed by atoms with Crippen molar-refractivity contribution in [1.29, 1.82) is 0 Å². The highest BCUT2D eigenvalue weighted by Crippen LogP contribution is 2.67. The molecular formula is C29H33Cl2F3N4O4. The molecule has 2 heterocycles. The molecule has 3 fully saturated rings. The molecule has 0 aliphatic heterocycles. The van der Waals surface area contributed by atoms with Gasteiger partial charge in [-0.3, -0.25) is 19.1 Å². The molecule has 2 aromatic heterocycles. The maximum Gasteiger partial charge on any atom is 0.433 e. The number of ketones is 1. The number of carbonyl (C=O) groups is 3. The van der Waals surface area contributed by atoms with Crippen LogP contribution >= 0.6 is 23.2 Å². The van der Waals surface area contributed by atoms with Gasteiger partial charge < -0.3 is 10.0 Å². The van der Waals surface area contributed by atoms with Gasteiger partial charge >= 0.3 is 12.1 Å². The average Bonchev–Trinajstić information content (AvgIpc) is 3.30. The van der Waals surface area contributed by atoms with Gasteiger partial charge in [-0.05, 0) is 75.7 Å². The number of nitrogens with zero attached hydrogens (tertiary/aromatic N) is 4. The number of carboxylic acids is 1. The molecule has 1 amide bonds. The fourth-order valence-corrected chi connectivity index (χ4v) is 7.85. The molecule has 0 radical (unpaired) electrons. The van der Waals surface area contributed by atoms with Crippen LogP contribution in [0.5, 0.6) is 0 Å². The van der Waals surface area contributed by atoms with Crippen LogP contribution in [0.4, 0.5) is 13.2 Å². The number of pyridine rings is 1. The zero-order valence-corrected chi connectivity index (χ0v) is 25.3. The Morgan fingerprint density at radius 1 is 1.12 bits per heavy atom. The standard InChI is InChI=1S/C29H33Cl2F3N4O4/c1-14-9-20(30)22(24(31)36-14)21(39)13-37(16-10-18-19(11-16)27(18,2)3)25(40)17-12-35-38(23(17)29(32,33)34)15-5-7-28(4,8-6-15)26(41)42/h9,12,15-16,18-19H,5-8,10-11,13H2,1-4H3,(H,41,42)/t15-,16-,18-,19+,28-. The third kappa shape index (κ3) is 5.31. The van der Waals surface area contributed by atoms with E-state index < -0.39 is 59.1 Å². The second kappa shape index (κ2) is 10.5. The molecule has 0 bridgehead atoms. The number of Topliss-reactive ketones (excluding diaryl/α,β-unsaturated/α-hetero) is 1. The molecule has 1 N–H and O–H groups in total. The number of amides is 1. The number of fused-ring (bicyclic) bond motifs is 1. The summed E-state index contributed by atoms with van der Waals surface area (Å²) in [5, 5.41) is 13.5. The molecule has 0 aromatic carbocycles. The van der Waals surface area contributed by atoms with E-state index in [9.17, 15) is 32.7 Å². The fraction of sp³-hybridized carbons (Fsp3) is 0.621. The average molecular weight is 630 g/mol. The van der Waals surface area contributed by atoms with Gasteiger partial charge in [-0.15, -0.1) is 0 Å². The number of aryl methyl sites for hydroxylation is 1. The van der Waals surface area contributed by atoms with E-state index in [0.29, 0.717) is 30.4 Å². The molecule has 8 nitrogen and oxygen atoms in total. The minimum absolute atomic E-state index is 0.0507. The number of rotatable bonds is 7. The summed E-state index contributed by atoms with van der Waals surface area (Å²) in [5.74, 6) is -1.94. The van der Waals surface area contributed by atoms with Crippen LogP contribution in [0.25, 0.3) is 0 Å². The summed E-state index contributed by atoms with van der Waals surface area (Å²) in [6.07, 6.45) is -2.17. The second-order valence-electron chi connectivity index (χ2n) is 12.9. The Hall–Kier alpha value is -2.66. The molecule has 3 saturated carbocycles. The van der Waals surface area contributed by atoms with E-state index in [0.717, 1.165) is 10.9 Å². The van der Waals surface area contributed by atoms with E-state index in [-0.39, 0.29) is 46.8 Å². The van der Waals surface area contributed by atoms with Gasteiger partial charge in [0.1, 0.15) is 5.15 Å². The van der Waals surface area contributed by atoms with E-state index in [1.54, 1.807) is 13.8 Å². The van der Waals surface area contributed by atoms with Gasteiger partial charge in [0.25, 0.3) is 5.91 Å². The third-order valence-corrected chi connectivity index (χ3v) is 10.5. The van der Waals surface area contributed by atoms with Crippen LogP contribution in [0.1, 0.15) is 97.4 Å². The summed E-state index contributed by atoms with van der Waals surface area (Å²) in [7, 11) is 0. The van der Waals surface area contributed by atoms with E-state index in [1.165, 1.54) is 11.0 Å². The van der Waals surface area contributed by atoms with E-state index in [1.807, 2.05) is 0 Å². The lowest BCUT2D eigenvalue weighted by Crippen LogP contribution is -2.44. The third-order valence-electron chi connectivity index (χ3n) is 9.90. The summed E-state index contributed by atoms with van der Waals surface area (Å²) in [6, 6.07) is 0.295. The Bertz CT molecular complexity index is 1410. The van der Waals surface area contributed by atoms with Gasteiger partial charge in [0, 0.05) is 11.7 Å². The van der Waals surface area contributed by atoms with Crippen LogP contribution in [0.3, 0.4) is 0 Å². The van der Waals surface area contributed by atoms with Crippen molar-refractivity contribution in [2.24, 2.45) is 22.7 Å². The zero-order chi connectivity index (χ0) is 30.9. The van der Waals surface area contributed by atoms with Crippen LogP contribution < -0.4 is 0 Å². The van der Waals surface area contributed by atoms with Gasteiger partial charge in [-0.1, -0.05) is 37.0 Å². The molecule has 42 heavy (non-hydrogen) atoms. The molecule has 3 aliphatic carbocycles. The van der Waals surface area contributed by atoms with Crippen molar-refractivity contribution in [3.8, 4) is 0 Å². The van der Waals surface area contributed by atoms with E-state index in [2.05, 4.69) is 23.9 Å². The maximum atomic E-state index is 14.6. The lowest BCUT2D eigenvalue weighted by molar-refractivity contribution is -0.152. The quantitative estimate of drug-likeness (QED) is 0.265. The summed E-state index contributed by atoms with van der Waals surface area (Å²) < 4.78 is 44.6. The van der Waals surface area contributed by atoms with Gasteiger partial charge in [-0.25, -0.2) is 4.98 Å². The number of carboxylic acid groups (broad SMARTS) is 1. The first-order valence-corrected chi connectivity index (χ1v) is 14.8. The molecule has 3 aliphatic rings. The normalized spacial score (nSPS) is 28.3. The van der Waals surface area contributed by atoms with Crippen molar-refractivity contribution in [2.75, 3.05) is 6.54 Å². The van der Waals surface area contributed by atoms with Gasteiger partial charge in [0.2, 0.25) is 0 Å². The Kier molecular flexibility index (Phi) is 7.70.